The SMILES string of the molecule is CN=C(NCCS(=O)c1ccccc1)NC1CCN(Cc2ccccc2)CC1.I. The number of guanidine groups is 1. The Morgan fingerprint density at radius 1 is 1.07 bits per heavy atom. The summed E-state index contributed by atoms with van der Waals surface area (Å²) in [6.07, 6.45) is 2.20. The number of nitrogens with zero attached hydrogens (tertiary/aromatic N) is 2. The second-order valence-corrected chi connectivity index (χ2v) is 8.61. The Labute approximate surface area is 193 Å². The molecule has 2 aromatic carbocycles. The molecule has 0 amide bonds. The average Bonchev–Trinajstić information content (AvgIpc) is 2.75. The Kier molecular flexibility index (Phi) is 10.7. The first-order valence-corrected chi connectivity index (χ1v) is 11.2. The van der Waals surface area contributed by atoms with Crippen LogP contribution in [0.2, 0.25) is 0 Å². The normalized spacial score (nSPS) is 16.7. The third-order valence-corrected chi connectivity index (χ3v) is 6.36. The maximum absolute atomic E-state index is 12.3. The van der Waals surface area contributed by atoms with Crippen LogP contribution in [0.15, 0.2) is 70.6 Å². The van der Waals surface area contributed by atoms with Gasteiger partial charge in [-0.2, -0.15) is 0 Å². The largest absolute Gasteiger partial charge is 0.355 e. The van der Waals surface area contributed by atoms with E-state index in [2.05, 4.69) is 50.9 Å². The van der Waals surface area contributed by atoms with E-state index in [-0.39, 0.29) is 24.0 Å². The number of hydrogen-bond donors (Lipinski definition) is 2. The van der Waals surface area contributed by atoms with Crippen molar-refractivity contribution in [3.8, 4) is 0 Å². The molecular formula is C22H31IN4OS. The molecule has 1 saturated heterocycles. The zero-order chi connectivity index (χ0) is 19.6. The lowest BCUT2D eigenvalue weighted by atomic mass is 10.0. The summed E-state index contributed by atoms with van der Waals surface area (Å²) >= 11 is 0. The summed E-state index contributed by atoms with van der Waals surface area (Å²) < 4.78 is 12.3. The number of aliphatic imine (C=N–C) groups is 1. The molecule has 0 aliphatic carbocycles. The van der Waals surface area contributed by atoms with Gasteiger partial charge >= 0.3 is 0 Å². The molecule has 1 fully saturated rings. The summed E-state index contributed by atoms with van der Waals surface area (Å²) in [6.45, 7) is 3.82. The fraction of sp³-hybridized carbons (Fsp3) is 0.409. The second kappa shape index (κ2) is 13.0. The number of rotatable bonds is 7. The molecular weight excluding hydrogens is 495 g/mol. The van der Waals surface area contributed by atoms with Gasteiger partial charge in [0.1, 0.15) is 0 Å². The minimum atomic E-state index is -0.985. The highest BCUT2D eigenvalue weighted by molar-refractivity contribution is 14.0. The Balaban J connectivity index is 0.00000300. The monoisotopic (exact) mass is 526 g/mol. The lowest BCUT2D eigenvalue weighted by Gasteiger charge is -2.33. The number of likely N-dealkylation sites (tertiary alicyclic amines) is 1. The molecule has 1 atom stereocenters. The van der Waals surface area contributed by atoms with Crippen LogP contribution in [0.4, 0.5) is 0 Å². The van der Waals surface area contributed by atoms with Crippen LogP contribution >= 0.6 is 24.0 Å². The van der Waals surface area contributed by atoms with E-state index in [0.29, 0.717) is 18.3 Å². The van der Waals surface area contributed by atoms with Crippen molar-refractivity contribution in [3.05, 3.63) is 66.2 Å². The van der Waals surface area contributed by atoms with E-state index in [4.69, 9.17) is 0 Å². The third-order valence-electron chi connectivity index (χ3n) is 4.99. The molecule has 1 unspecified atom stereocenters. The molecule has 158 valence electrons. The van der Waals surface area contributed by atoms with Crippen LogP contribution in [0.1, 0.15) is 18.4 Å². The topological polar surface area (TPSA) is 56.7 Å². The molecule has 5 nitrogen and oxygen atoms in total. The molecule has 2 aromatic rings. The highest BCUT2D eigenvalue weighted by Crippen LogP contribution is 2.13. The molecule has 0 bridgehead atoms. The number of piperidine rings is 1. The van der Waals surface area contributed by atoms with E-state index >= 15 is 0 Å². The van der Waals surface area contributed by atoms with Crippen molar-refractivity contribution < 1.29 is 4.21 Å². The van der Waals surface area contributed by atoms with E-state index in [0.717, 1.165) is 43.3 Å². The number of nitrogens with one attached hydrogen (secondary N) is 2. The predicted molar refractivity (Wildman–Crippen MR) is 132 cm³/mol. The number of hydrogen-bond acceptors (Lipinski definition) is 3. The molecule has 1 heterocycles. The van der Waals surface area contributed by atoms with E-state index in [9.17, 15) is 4.21 Å². The Morgan fingerprint density at radius 2 is 1.69 bits per heavy atom. The van der Waals surface area contributed by atoms with Crippen molar-refractivity contribution >= 4 is 40.7 Å². The van der Waals surface area contributed by atoms with Crippen LogP contribution in [-0.4, -0.2) is 53.5 Å². The highest BCUT2D eigenvalue weighted by atomic mass is 127. The van der Waals surface area contributed by atoms with Gasteiger partial charge in [0.05, 0.1) is 10.8 Å². The fourth-order valence-corrected chi connectivity index (χ4v) is 4.40. The maximum Gasteiger partial charge on any atom is 0.191 e. The van der Waals surface area contributed by atoms with Gasteiger partial charge in [-0.15, -0.1) is 24.0 Å². The zero-order valence-corrected chi connectivity index (χ0v) is 20.1. The summed E-state index contributed by atoms with van der Waals surface area (Å²) in [4.78, 5) is 7.70. The van der Waals surface area contributed by atoms with Crippen LogP contribution in [0.3, 0.4) is 0 Å². The third kappa shape index (κ3) is 8.06. The van der Waals surface area contributed by atoms with Gasteiger partial charge in [-0.1, -0.05) is 48.5 Å². The van der Waals surface area contributed by atoms with E-state index in [1.165, 1.54) is 5.56 Å². The smallest absolute Gasteiger partial charge is 0.191 e. The van der Waals surface area contributed by atoms with Gasteiger partial charge in [0.2, 0.25) is 0 Å². The van der Waals surface area contributed by atoms with Crippen molar-refractivity contribution in [1.82, 2.24) is 15.5 Å². The minimum Gasteiger partial charge on any atom is -0.355 e. The second-order valence-electron chi connectivity index (χ2n) is 7.04. The van der Waals surface area contributed by atoms with Crippen LogP contribution in [0, 0.1) is 0 Å². The molecule has 0 aromatic heterocycles. The van der Waals surface area contributed by atoms with Gasteiger partial charge < -0.3 is 10.6 Å². The van der Waals surface area contributed by atoms with Crippen LogP contribution in [-0.2, 0) is 17.3 Å². The van der Waals surface area contributed by atoms with Crippen molar-refractivity contribution in [2.75, 3.05) is 32.4 Å². The van der Waals surface area contributed by atoms with Gasteiger partial charge in [-0.25, -0.2) is 0 Å². The molecule has 29 heavy (non-hydrogen) atoms. The molecule has 3 rings (SSSR count). The molecule has 2 N–H and O–H groups in total. The first-order valence-electron chi connectivity index (χ1n) is 9.91. The molecule has 0 spiro atoms. The Hall–Kier alpha value is -1.45. The van der Waals surface area contributed by atoms with Crippen molar-refractivity contribution in [3.63, 3.8) is 0 Å². The van der Waals surface area contributed by atoms with Crippen LogP contribution < -0.4 is 10.6 Å². The summed E-state index contributed by atoms with van der Waals surface area (Å²) in [6, 6.07) is 20.7. The molecule has 0 saturated carbocycles. The summed E-state index contributed by atoms with van der Waals surface area (Å²) in [5, 5.41) is 6.82. The fourth-order valence-electron chi connectivity index (χ4n) is 3.42. The van der Waals surface area contributed by atoms with Gasteiger partial charge in [0.15, 0.2) is 5.96 Å². The van der Waals surface area contributed by atoms with Gasteiger partial charge in [-0.05, 0) is 30.5 Å². The number of halogens is 1. The predicted octanol–water partition coefficient (Wildman–Crippen LogP) is 3.24. The molecule has 0 radical (unpaired) electrons. The minimum absolute atomic E-state index is 0. The van der Waals surface area contributed by atoms with Gasteiger partial charge in [-0.3, -0.25) is 14.1 Å². The lowest BCUT2D eigenvalue weighted by Crippen LogP contribution is -2.49. The summed E-state index contributed by atoms with van der Waals surface area (Å²) in [5.41, 5.74) is 1.37. The zero-order valence-electron chi connectivity index (χ0n) is 16.9. The van der Waals surface area contributed by atoms with Crippen LogP contribution in [0.25, 0.3) is 0 Å². The van der Waals surface area contributed by atoms with Crippen molar-refractivity contribution in [2.24, 2.45) is 4.99 Å². The van der Waals surface area contributed by atoms with Crippen molar-refractivity contribution in [1.29, 1.82) is 0 Å². The Bertz CT molecular complexity index is 765. The van der Waals surface area contributed by atoms with Gasteiger partial charge in [0, 0.05) is 49.9 Å². The molecule has 1 aliphatic heterocycles. The lowest BCUT2D eigenvalue weighted by molar-refractivity contribution is 0.198. The van der Waals surface area contributed by atoms with Gasteiger partial charge in [0.25, 0.3) is 0 Å². The highest BCUT2D eigenvalue weighted by Gasteiger charge is 2.20. The number of benzene rings is 2. The van der Waals surface area contributed by atoms with Crippen LogP contribution in [0.5, 0.6) is 0 Å². The summed E-state index contributed by atoms with van der Waals surface area (Å²) in [7, 11) is 0.801. The van der Waals surface area contributed by atoms with Crippen molar-refractivity contribution in [2.45, 2.75) is 30.3 Å². The summed E-state index contributed by atoms with van der Waals surface area (Å²) in [5.74, 6) is 1.37. The van der Waals surface area contributed by atoms with E-state index in [1.54, 1.807) is 7.05 Å². The standard InChI is InChI=1S/C22H30N4OS.HI/c1-23-22(24-14-17-28(27)21-10-6-3-7-11-21)25-20-12-15-26(16-13-20)18-19-8-4-2-5-9-19;/h2-11,20H,12-18H2,1H3,(H2,23,24,25);1H. The average molecular weight is 526 g/mol. The molecule has 7 heteroatoms. The molecule has 1 aliphatic rings. The van der Waals surface area contributed by atoms with E-state index < -0.39 is 10.8 Å². The quantitative estimate of drug-likeness (QED) is 0.331. The van der Waals surface area contributed by atoms with E-state index in [1.807, 2.05) is 30.3 Å². The first-order chi connectivity index (χ1) is 13.7. The Morgan fingerprint density at radius 3 is 2.31 bits per heavy atom. The maximum atomic E-state index is 12.3. The first kappa shape index (κ1) is 23.8.